The number of rotatable bonds is 3. The molecule has 22 heavy (non-hydrogen) atoms. The highest BCUT2D eigenvalue weighted by molar-refractivity contribution is 6.33. The molecular weight excluding hydrogens is 296 g/mol. The van der Waals surface area contributed by atoms with Crippen LogP contribution >= 0.6 is 11.6 Å². The highest BCUT2D eigenvalue weighted by Gasteiger charge is 2.31. The molecule has 120 valence electrons. The molecule has 1 aliphatic carbocycles. The quantitative estimate of drug-likeness (QED) is 0.909. The predicted molar refractivity (Wildman–Crippen MR) is 91.3 cm³/mol. The number of hydrogen-bond acceptors (Lipinski definition) is 2. The summed E-state index contributed by atoms with van der Waals surface area (Å²) in [6.45, 7) is 4.61. The van der Waals surface area contributed by atoms with Crippen LogP contribution in [0.15, 0.2) is 18.2 Å². The third-order valence-corrected chi connectivity index (χ3v) is 5.45. The standard InChI is InChI=1S/C18H25ClN2O/c1-13-6-7-17(16(19)10-13)20-18(22)12-21-9-8-14-4-2-3-5-15(14)11-21/h6-7,10,14-15H,2-5,8-9,11-12H2,1H3,(H,20,22)/t14-,15+/m0/s1. The minimum atomic E-state index is 0.0417. The van der Waals surface area contributed by atoms with Gasteiger partial charge in [-0.05, 0) is 55.8 Å². The number of carbonyl (C=O) groups is 1. The second-order valence-corrected chi connectivity index (χ2v) is 7.27. The van der Waals surface area contributed by atoms with Crippen LogP contribution in [0.5, 0.6) is 0 Å². The first-order chi connectivity index (χ1) is 10.6. The molecule has 2 atom stereocenters. The molecule has 1 saturated heterocycles. The van der Waals surface area contributed by atoms with Crippen molar-refractivity contribution in [2.24, 2.45) is 11.8 Å². The van der Waals surface area contributed by atoms with Crippen LogP contribution in [0.25, 0.3) is 0 Å². The zero-order valence-corrected chi connectivity index (χ0v) is 14.0. The van der Waals surface area contributed by atoms with Gasteiger partial charge in [0.15, 0.2) is 0 Å². The van der Waals surface area contributed by atoms with E-state index in [2.05, 4.69) is 10.2 Å². The molecule has 1 N–H and O–H groups in total. The van der Waals surface area contributed by atoms with Crippen molar-refractivity contribution >= 4 is 23.2 Å². The maximum absolute atomic E-state index is 12.3. The number of fused-ring (bicyclic) bond motifs is 1. The number of piperidine rings is 1. The molecule has 1 saturated carbocycles. The highest BCUT2D eigenvalue weighted by atomic mass is 35.5. The van der Waals surface area contributed by atoms with Crippen LogP contribution in [0.4, 0.5) is 5.69 Å². The van der Waals surface area contributed by atoms with Crippen molar-refractivity contribution in [3.05, 3.63) is 28.8 Å². The number of likely N-dealkylation sites (tertiary alicyclic amines) is 1. The zero-order chi connectivity index (χ0) is 15.5. The van der Waals surface area contributed by atoms with Crippen LogP contribution in [0.3, 0.4) is 0 Å². The number of nitrogens with zero attached hydrogens (tertiary/aromatic N) is 1. The SMILES string of the molecule is Cc1ccc(NC(=O)CN2CC[C@@H]3CCCC[C@@H]3C2)c(Cl)c1. The van der Waals surface area contributed by atoms with Crippen molar-refractivity contribution in [2.75, 3.05) is 25.0 Å². The van der Waals surface area contributed by atoms with E-state index < -0.39 is 0 Å². The van der Waals surface area contributed by atoms with Crippen molar-refractivity contribution < 1.29 is 4.79 Å². The van der Waals surface area contributed by atoms with Crippen molar-refractivity contribution in [1.29, 1.82) is 0 Å². The molecule has 3 rings (SSSR count). The average Bonchev–Trinajstić information content (AvgIpc) is 2.50. The molecular formula is C18H25ClN2O. The molecule has 1 aromatic carbocycles. The molecule has 1 amide bonds. The van der Waals surface area contributed by atoms with Crippen LogP contribution in [-0.4, -0.2) is 30.4 Å². The molecule has 0 spiro atoms. The fourth-order valence-corrected chi connectivity index (χ4v) is 4.22. The van der Waals surface area contributed by atoms with E-state index in [0.717, 1.165) is 30.5 Å². The summed E-state index contributed by atoms with van der Waals surface area (Å²) in [6, 6.07) is 5.72. The van der Waals surface area contributed by atoms with E-state index in [-0.39, 0.29) is 5.91 Å². The van der Waals surface area contributed by atoms with Gasteiger partial charge in [0.1, 0.15) is 0 Å². The minimum Gasteiger partial charge on any atom is -0.324 e. The van der Waals surface area contributed by atoms with Crippen LogP contribution in [0.2, 0.25) is 5.02 Å². The van der Waals surface area contributed by atoms with E-state index in [0.29, 0.717) is 17.3 Å². The Morgan fingerprint density at radius 3 is 2.82 bits per heavy atom. The third kappa shape index (κ3) is 3.82. The lowest BCUT2D eigenvalue weighted by Gasteiger charge is -2.41. The molecule has 0 unspecified atom stereocenters. The Hall–Kier alpha value is -1.06. The summed E-state index contributed by atoms with van der Waals surface area (Å²) >= 11 is 6.18. The van der Waals surface area contributed by atoms with E-state index in [1.807, 2.05) is 25.1 Å². The molecule has 0 bridgehead atoms. The fraction of sp³-hybridized carbons (Fsp3) is 0.611. The maximum atomic E-state index is 12.3. The Morgan fingerprint density at radius 2 is 2.05 bits per heavy atom. The number of carbonyl (C=O) groups excluding carboxylic acids is 1. The van der Waals surface area contributed by atoms with Crippen molar-refractivity contribution in [3.63, 3.8) is 0 Å². The first-order valence-electron chi connectivity index (χ1n) is 8.40. The van der Waals surface area contributed by atoms with E-state index in [4.69, 9.17) is 11.6 Å². The first kappa shape index (κ1) is 15.8. The maximum Gasteiger partial charge on any atom is 0.238 e. The average molecular weight is 321 g/mol. The zero-order valence-electron chi connectivity index (χ0n) is 13.3. The summed E-state index contributed by atoms with van der Waals surface area (Å²) in [6.07, 6.45) is 6.74. The van der Waals surface area contributed by atoms with Gasteiger partial charge in [-0.3, -0.25) is 9.69 Å². The Labute approximate surface area is 138 Å². The summed E-state index contributed by atoms with van der Waals surface area (Å²) in [5.74, 6) is 1.75. The summed E-state index contributed by atoms with van der Waals surface area (Å²) < 4.78 is 0. The summed E-state index contributed by atoms with van der Waals surface area (Å²) in [5, 5.41) is 3.55. The number of amides is 1. The molecule has 0 radical (unpaired) electrons. The molecule has 3 nitrogen and oxygen atoms in total. The molecule has 1 aromatic rings. The number of halogens is 1. The summed E-state index contributed by atoms with van der Waals surface area (Å²) in [4.78, 5) is 14.6. The number of anilines is 1. The third-order valence-electron chi connectivity index (χ3n) is 5.14. The number of nitrogens with one attached hydrogen (secondary N) is 1. The first-order valence-corrected chi connectivity index (χ1v) is 8.78. The Bertz CT molecular complexity index is 546. The number of hydrogen-bond donors (Lipinski definition) is 1. The lowest BCUT2D eigenvalue weighted by atomic mass is 9.75. The molecule has 2 aliphatic rings. The Kier molecular flexibility index (Phi) is 5.04. The van der Waals surface area contributed by atoms with Crippen LogP contribution in [0, 0.1) is 18.8 Å². The van der Waals surface area contributed by atoms with Gasteiger partial charge >= 0.3 is 0 Å². The number of aryl methyl sites for hydroxylation is 1. The van der Waals surface area contributed by atoms with Crippen molar-refractivity contribution in [2.45, 2.75) is 39.0 Å². The normalized spacial score (nSPS) is 25.5. The van der Waals surface area contributed by atoms with Gasteiger partial charge in [-0.25, -0.2) is 0 Å². The largest absolute Gasteiger partial charge is 0.324 e. The van der Waals surface area contributed by atoms with Gasteiger partial charge in [0.2, 0.25) is 5.91 Å². The second kappa shape index (κ2) is 7.01. The van der Waals surface area contributed by atoms with Gasteiger partial charge in [0.05, 0.1) is 17.3 Å². The minimum absolute atomic E-state index is 0.0417. The molecule has 0 aromatic heterocycles. The van der Waals surface area contributed by atoms with Gasteiger partial charge < -0.3 is 5.32 Å². The van der Waals surface area contributed by atoms with E-state index in [1.54, 1.807) is 0 Å². The van der Waals surface area contributed by atoms with E-state index >= 15 is 0 Å². The lowest BCUT2D eigenvalue weighted by molar-refractivity contribution is -0.118. The van der Waals surface area contributed by atoms with Crippen LogP contribution in [-0.2, 0) is 4.79 Å². The molecule has 2 fully saturated rings. The second-order valence-electron chi connectivity index (χ2n) is 6.86. The summed E-state index contributed by atoms with van der Waals surface area (Å²) in [5.41, 5.74) is 1.81. The van der Waals surface area contributed by atoms with Crippen LogP contribution < -0.4 is 5.32 Å². The van der Waals surface area contributed by atoms with Crippen molar-refractivity contribution in [3.8, 4) is 0 Å². The van der Waals surface area contributed by atoms with Gasteiger partial charge in [-0.1, -0.05) is 36.9 Å². The van der Waals surface area contributed by atoms with Crippen LogP contribution in [0.1, 0.15) is 37.7 Å². The fourth-order valence-electron chi connectivity index (χ4n) is 3.93. The van der Waals surface area contributed by atoms with E-state index in [1.165, 1.54) is 32.1 Å². The van der Waals surface area contributed by atoms with Crippen molar-refractivity contribution in [1.82, 2.24) is 4.90 Å². The topological polar surface area (TPSA) is 32.3 Å². The molecule has 1 heterocycles. The Balaban J connectivity index is 1.53. The van der Waals surface area contributed by atoms with Gasteiger partial charge in [0.25, 0.3) is 0 Å². The van der Waals surface area contributed by atoms with Gasteiger partial charge in [-0.15, -0.1) is 0 Å². The smallest absolute Gasteiger partial charge is 0.238 e. The summed E-state index contributed by atoms with van der Waals surface area (Å²) in [7, 11) is 0. The van der Waals surface area contributed by atoms with Gasteiger partial charge in [0, 0.05) is 6.54 Å². The molecule has 4 heteroatoms. The lowest BCUT2D eigenvalue weighted by Crippen LogP contribution is -2.44. The monoisotopic (exact) mass is 320 g/mol. The van der Waals surface area contributed by atoms with E-state index in [9.17, 15) is 4.79 Å². The predicted octanol–water partition coefficient (Wildman–Crippen LogP) is 4.10. The Morgan fingerprint density at radius 1 is 1.27 bits per heavy atom. The molecule has 1 aliphatic heterocycles. The van der Waals surface area contributed by atoms with Gasteiger partial charge in [-0.2, -0.15) is 0 Å². The highest BCUT2D eigenvalue weighted by Crippen LogP contribution is 2.35. The number of benzene rings is 1.